The van der Waals surface area contributed by atoms with Gasteiger partial charge in [-0.15, -0.1) is 0 Å². The molecule has 0 unspecified atom stereocenters. The first kappa shape index (κ1) is 14.7. The Kier molecular flexibility index (Phi) is 5.31. The molecule has 0 saturated heterocycles. The van der Waals surface area contributed by atoms with Crippen molar-refractivity contribution in [2.45, 2.75) is 13.0 Å². The third-order valence-corrected chi connectivity index (χ3v) is 3.16. The Bertz CT molecular complexity index is 557. The Morgan fingerprint density at radius 1 is 1.35 bits per heavy atom. The molecule has 106 valence electrons. The number of hydrogen-bond donors (Lipinski definition) is 1. The predicted molar refractivity (Wildman–Crippen MR) is 77.1 cm³/mol. The second-order valence-electron chi connectivity index (χ2n) is 4.23. The molecule has 0 aliphatic rings. The van der Waals surface area contributed by atoms with Gasteiger partial charge in [0.05, 0.1) is 12.2 Å². The second kappa shape index (κ2) is 7.21. The number of hydrogen-bond acceptors (Lipinski definition) is 4. The summed E-state index contributed by atoms with van der Waals surface area (Å²) in [6.07, 6.45) is 2.20. The lowest BCUT2D eigenvalue weighted by atomic mass is 10.3. The van der Waals surface area contributed by atoms with Crippen LogP contribution < -0.4 is 0 Å². The largest absolute Gasteiger partial charge is 0.444 e. The Morgan fingerprint density at radius 3 is 2.80 bits per heavy atom. The summed E-state index contributed by atoms with van der Waals surface area (Å²) in [6.45, 7) is 0.871. The molecule has 2 rings (SSSR count). The van der Waals surface area contributed by atoms with Gasteiger partial charge in [-0.05, 0) is 46.6 Å². The van der Waals surface area contributed by atoms with Gasteiger partial charge in [-0.1, -0.05) is 6.07 Å². The smallest absolute Gasteiger partial charge is 0.289 e. The molecule has 2 heterocycles. The van der Waals surface area contributed by atoms with Gasteiger partial charge in [0.25, 0.3) is 5.91 Å². The Labute approximate surface area is 125 Å². The Morgan fingerprint density at radius 2 is 2.20 bits per heavy atom. The average Bonchev–Trinajstić information content (AvgIpc) is 2.90. The van der Waals surface area contributed by atoms with Crippen LogP contribution in [0.4, 0.5) is 0 Å². The Hall–Kier alpha value is -1.66. The average molecular weight is 339 g/mol. The van der Waals surface area contributed by atoms with E-state index in [2.05, 4.69) is 20.9 Å². The van der Waals surface area contributed by atoms with Gasteiger partial charge >= 0.3 is 0 Å². The SMILES string of the molecule is O=C(c1ccc(Br)o1)N(CCCO)Cc1ccccn1. The number of furan rings is 1. The van der Waals surface area contributed by atoms with E-state index in [1.165, 1.54) is 0 Å². The maximum atomic E-state index is 12.4. The van der Waals surface area contributed by atoms with Gasteiger partial charge in [-0.25, -0.2) is 0 Å². The minimum atomic E-state index is -0.213. The summed E-state index contributed by atoms with van der Waals surface area (Å²) in [5, 5.41) is 8.95. The van der Waals surface area contributed by atoms with Crippen molar-refractivity contribution in [2.24, 2.45) is 0 Å². The standard InChI is InChI=1S/C14H15BrN2O3/c15-13-6-5-12(20-13)14(19)17(8-3-9-18)10-11-4-1-2-7-16-11/h1-2,4-7,18H,3,8-10H2. The van der Waals surface area contributed by atoms with Crippen LogP contribution >= 0.6 is 15.9 Å². The molecule has 2 aromatic rings. The van der Waals surface area contributed by atoms with E-state index in [1.54, 1.807) is 23.2 Å². The van der Waals surface area contributed by atoms with Gasteiger partial charge in [0.15, 0.2) is 10.4 Å². The second-order valence-corrected chi connectivity index (χ2v) is 5.01. The third-order valence-electron chi connectivity index (χ3n) is 2.74. The fraction of sp³-hybridized carbons (Fsp3) is 0.286. The van der Waals surface area contributed by atoms with E-state index in [-0.39, 0.29) is 18.3 Å². The fourth-order valence-electron chi connectivity index (χ4n) is 1.79. The minimum Gasteiger partial charge on any atom is -0.444 e. The van der Waals surface area contributed by atoms with E-state index in [9.17, 15) is 4.79 Å². The maximum absolute atomic E-state index is 12.4. The number of carbonyl (C=O) groups excluding carboxylic acids is 1. The first-order valence-corrected chi connectivity index (χ1v) is 7.05. The van der Waals surface area contributed by atoms with E-state index >= 15 is 0 Å². The van der Waals surface area contributed by atoms with Gasteiger partial charge in [0.2, 0.25) is 0 Å². The number of amides is 1. The quantitative estimate of drug-likeness (QED) is 0.878. The molecule has 6 heteroatoms. The van der Waals surface area contributed by atoms with Crippen molar-refractivity contribution in [1.82, 2.24) is 9.88 Å². The van der Waals surface area contributed by atoms with Crippen LogP contribution in [0.25, 0.3) is 0 Å². The van der Waals surface area contributed by atoms with E-state index in [0.717, 1.165) is 5.69 Å². The topological polar surface area (TPSA) is 66.6 Å². The van der Waals surface area contributed by atoms with Crippen LogP contribution in [0.5, 0.6) is 0 Å². The van der Waals surface area contributed by atoms with Crippen LogP contribution in [0.15, 0.2) is 45.6 Å². The third kappa shape index (κ3) is 3.91. The summed E-state index contributed by atoms with van der Waals surface area (Å²) in [5.41, 5.74) is 0.796. The van der Waals surface area contributed by atoms with Crippen molar-refractivity contribution in [3.63, 3.8) is 0 Å². The van der Waals surface area contributed by atoms with Gasteiger partial charge in [-0.3, -0.25) is 9.78 Å². The molecule has 0 aliphatic heterocycles. The molecule has 0 aromatic carbocycles. The number of aliphatic hydroxyl groups excluding tert-OH is 1. The van der Waals surface area contributed by atoms with E-state index in [0.29, 0.717) is 24.2 Å². The molecule has 0 spiro atoms. The van der Waals surface area contributed by atoms with E-state index in [1.807, 2.05) is 18.2 Å². The van der Waals surface area contributed by atoms with Gasteiger partial charge in [0.1, 0.15) is 0 Å². The zero-order valence-corrected chi connectivity index (χ0v) is 12.4. The van der Waals surface area contributed by atoms with Crippen molar-refractivity contribution >= 4 is 21.8 Å². The molecule has 0 fully saturated rings. The molecule has 1 amide bonds. The van der Waals surface area contributed by atoms with Crippen LogP contribution in [0.1, 0.15) is 22.7 Å². The van der Waals surface area contributed by atoms with Crippen molar-refractivity contribution in [3.8, 4) is 0 Å². The predicted octanol–water partition coefficient (Wildman–Crippen LogP) is 2.46. The summed E-state index contributed by atoms with van der Waals surface area (Å²) < 4.78 is 5.80. The van der Waals surface area contributed by atoms with Crippen molar-refractivity contribution in [2.75, 3.05) is 13.2 Å². The zero-order chi connectivity index (χ0) is 14.4. The molecule has 0 aliphatic carbocycles. The lowest BCUT2D eigenvalue weighted by Crippen LogP contribution is -2.32. The number of pyridine rings is 1. The highest BCUT2D eigenvalue weighted by molar-refractivity contribution is 9.10. The molecule has 5 nitrogen and oxygen atoms in total. The molecule has 20 heavy (non-hydrogen) atoms. The Balaban J connectivity index is 2.12. The molecule has 0 radical (unpaired) electrons. The van der Waals surface area contributed by atoms with Gasteiger partial charge in [-0.2, -0.15) is 0 Å². The summed E-state index contributed by atoms with van der Waals surface area (Å²) >= 11 is 3.18. The number of rotatable bonds is 6. The molecule has 1 N–H and O–H groups in total. The van der Waals surface area contributed by atoms with E-state index in [4.69, 9.17) is 9.52 Å². The summed E-state index contributed by atoms with van der Waals surface area (Å²) in [4.78, 5) is 18.2. The van der Waals surface area contributed by atoms with Crippen LogP contribution in [0, 0.1) is 0 Å². The highest BCUT2D eigenvalue weighted by Gasteiger charge is 2.19. The molecule has 0 bridgehead atoms. The lowest BCUT2D eigenvalue weighted by molar-refractivity contribution is 0.0696. The normalized spacial score (nSPS) is 10.5. The molecule has 2 aromatic heterocycles. The van der Waals surface area contributed by atoms with Crippen LogP contribution in [-0.2, 0) is 6.54 Å². The zero-order valence-electron chi connectivity index (χ0n) is 10.8. The molecule has 0 saturated carbocycles. The summed E-state index contributed by atoms with van der Waals surface area (Å²) in [6, 6.07) is 8.86. The number of aromatic nitrogens is 1. The maximum Gasteiger partial charge on any atom is 0.289 e. The first-order valence-electron chi connectivity index (χ1n) is 6.26. The van der Waals surface area contributed by atoms with Crippen LogP contribution in [0.2, 0.25) is 0 Å². The lowest BCUT2D eigenvalue weighted by Gasteiger charge is -2.20. The number of nitrogens with zero attached hydrogens (tertiary/aromatic N) is 2. The van der Waals surface area contributed by atoms with Crippen molar-refractivity contribution < 1.29 is 14.3 Å². The highest BCUT2D eigenvalue weighted by atomic mass is 79.9. The van der Waals surface area contributed by atoms with Gasteiger partial charge in [0, 0.05) is 19.3 Å². The summed E-state index contributed by atoms with van der Waals surface area (Å²) in [7, 11) is 0. The molecule has 0 atom stereocenters. The summed E-state index contributed by atoms with van der Waals surface area (Å²) in [5.74, 6) is 0.0561. The van der Waals surface area contributed by atoms with Gasteiger partial charge < -0.3 is 14.4 Å². The fourth-order valence-corrected chi connectivity index (χ4v) is 2.09. The van der Waals surface area contributed by atoms with Crippen molar-refractivity contribution in [3.05, 3.63) is 52.7 Å². The highest BCUT2D eigenvalue weighted by Crippen LogP contribution is 2.17. The monoisotopic (exact) mass is 338 g/mol. The first-order chi connectivity index (χ1) is 9.70. The van der Waals surface area contributed by atoms with Crippen LogP contribution in [-0.4, -0.2) is 34.0 Å². The molecular weight excluding hydrogens is 324 g/mol. The van der Waals surface area contributed by atoms with E-state index < -0.39 is 0 Å². The number of halogens is 1. The minimum absolute atomic E-state index is 0.0356. The number of carbonyl (C=O) groups is 1. The molecular formula is C14H15BrN2O3. The number of aliphatic hydroxyl groups is 1. The van der Waals surface area contributed by atoms with Crippen LogP contribution in [0.3, 0.4) is 0 Å². The van der Waals surface area contributed by atoms with Crippen molar-refractivity contribution in [1.29, 1.82) is 0 Å².